The van der Waals surface area contributed by atoms with Crippen LogP contribution >= 0.6 is 0 Å². The molecule has 0 saturated heterocycles. The predicted octanol–water partition coefficient (Wildman–Crippen LogP) is 5.32. The summed E-state index contributed by atoms with van der Waals surface area (Å²) in [5, 5.41) is 0. The number of hydrogen-bond acceptors (Lipinski definition) is 0. The van der Waals surface area contributed by atoms with E-state index >= 15 is 0 Å². The molecular formula is C17H28. The lowest BCUT2D eigenvalue weighted by Crippen LogP contribution is -2.26. The molecule has 0 heterocycles. The van der Waals surface area contributed by atoms with Gasteiger partial charge >= 0.3 is 0 Å². The molecule has 0 heteroatoms. The third-order valence-electron chi connectivity index (χ3n) is 7.41. The van der Waals surface area contributed by atoms with Crippen molar-refractivity contribution in [1.82, 2.24) is 0 Å². The number of hydrogen-bond donors (Lipinski definition) is 0. The fourth-order valence-corrected chi connectivity index (χ4v) is 6.84. The minimum atomic E-state index is 0.730. The molecule has 0 radical (unpaired) electrons. The van der Waals surface area contributed by atoms with Crippen LogP contribution in [-0.2, 0) is 0 Å². The fourth-order valence-electron chi connectivity index (χ4n) is 6.84. The van der Waals surface area contributed by atoms with Gasteiger partial charge < -0.3 is 0 Å². The molecule has 2 bridgehead atoms. The van der Waals surface area contributed by atoms with E-state index in [1.165, 1.54) is 31.6 Å². The van der Waals surface area contributed by atoms with Gasteiger partial charge in [0, 0.05) is 0 Å². The van der Waals surface area contributed by atoms with Crippen LogP contribution in [0.4, 0.5) is 0 Å². The molecule has 4 aliphatic carbocycles. The van der Waals surface area contributed by atoms with Crippen molar-refractivity contribution in [2.45, 2.75) is 84.0 Å². The van der Waals surface area contributed by atoms with E-state index < -0.39 is 0 Å². The molecule has 4 fully saturated rings. The fraction of sp³-hybridized carbons (Fsp3) is 1.00. The Bertz CT molecular complexity index is 333. The third kappa shape index (κ3) is 1.25. The van der Waals surface area contributed by atoms with E-state index in [1.54, 1.807) is 51.4 Å². The lowest BCUT2D eigenvalue weighted by atomic mass is 9.68. The van der Waals surface area contributed by atoms with Crippen molar-refractivity contribution in [1.29, 1.82) is 0 Å². The van der Waals surface area contributed by atoms with Gasteiger partial charge in [0.15, 0.2) is 0 Å². The standard InChI is InChI=1S/C17H28/c1-15-8-2-4-10-16-12-6-7-14(16)17(16,13-15)11-5-3-9-15/h14H,2-13H2,1H3/t14-,15?,16+,17?/m1/s1. The van der Waals surface area contributed by atoms with Gasteiger partial charge in [-0.3, -0.25) is 0 Å². The van der Waals surface area contributed by atoms with Crippen LogP contribution in [0.25, 0.3) is 0 Å². The van der Waals surface area contributed by atoms with Gasteiger partial charge in [0.05, 0.1) is 0 Å². The Morgan fingerprint density at radius 2 is 1.29 bits per heavy atom. The van der Waals surface area contributed by atoms with E-state index in [9.17, 15) is 0 Å². The van der Waals surface area contributed by atoms with Gasteiger partial charge in [0.25, 0.3) is 0 Å². The summed E-state index contributed by atoms with van der Waals surface area (Å²) < 4.78 is 0. The normalized spacial score (nSPS) is 57.4. The summed E-state index contributed by atoms with van der Waals surface area (Å²) in [5.74, 6) is 1.17. The summed E-state index contributed by atoms with van der Waals surface area (Å²) in [6.07, 6.45) is 18.8. The lowest BCUT2D eigenvalue weighted by Gasteiger charge is -2.37. The number of rotatable bonds is 0. The van der Waals surface area contributed by atoms with E-state index in [4.69, 9.17) is 0 Å². The molecule has 0 amide bonds. The first kappa shape index (κ1) is 10.9. The van der Waals surface area contributed by atoms with E-state index in [1.807, 2.05) is 0 Å². The quantitative estimate of drug-likeness (QED) is 0.530. The van der Waals surface area contributed by atoms with Crippen LogP contribution in [-0.4, -0.2) is 0 Å². The predicted molar refractivity (Wildman–Crippen MR) is 71.9 cm³/mol. The first-order valence-corrected chi connectivity index (χ1v) is 8.21. The molecule has 0 N–H and O–H groups in total. The van der Waals surface area contributed by atoms with Crippen molar-refractivity contribution in [3.63, 3.8) is 0 Å². The first-order chi connectivity index (χ1) is 8.21. The molecule has 0 aromatic heterocycles. The van der Waals surface area contributed by atoms with Gasteiger partial charge in [-0.25, -0.2) is 0 Å². The molecule has 4 rings (SSSR count). The Morgan fingerprint density at radius 3 is 2.06 bits per heavy atom. The van der Waals surface area contributed by atoms with E-state index in [2.05, 4.69) is 6.92 Å². The topological polar surface area (TPSA) is 0 Å². The van der Waals surface area contributed by atoms with Crippen LogP contribution in [0, 0.1) is 22.2 Å². The Kier molecular flexibility index (Phi) is 2.12. The van der Waals surface area contributed by atoms with Crippen molar-refractivity contribution in [3.8, 4) is 0 Å². The van der Waals surface area contributed by atoms with Crippen molar-refractivity contribution in [2.24, 2.45) is 22.2 Å². The minimum absolute atomic E-state index is 0.730. The van der Waals surface area contributed by atoms with Gasteiger partial charge in [-0.2, -0.15) is 0 Å². The zero-order valence-electron chi connectivity index (χ0n) is 11.6. The third-order valence-corrected chi connectivity index (χ3v) is 7.41. The van der Waals surface area contributed by atoms with Gasteiger partial charge in [-0.15, -0.1) is 0 Å². The molecule has 2 spiro atoms. The minimum Gasteiger partial charge on any atom is -0.0596 e. The monoisotopic (exact) mass is 232 g/mol. The Hall–Kier alpha value is 0. The van der Waals surface area contributed by atoms with Crippen LogP contribution in [0.5, 0.6) is 0 Å². The maximum absolute atomic E-state index is 2.63. The van der Waals surface area contributed by atoms with E-state index in [-0.39, 0.29) is 0 Å². The van der Waals surface area contributed by atoms with Gasteiger partial charge in [-0.1, -0.05) is 39.0 Å². The maximum atomic E-state index is 2.63. The summed E-state index contributed by atoms with van der Waals surface area (Å²) in [5.41, 5.74) is 2.46. The second kappa shape index (κ2) is 3.31. The Morgan fingerprint density at radius 1 is 0.706 bits per heavy atom. The van der Waals surface area contributed by atoms with Crippen molar-refractivity contribution in [2.75, 3.05) is 0 Å². The molecule has 4 aliphatic rings. The van der Waals surface area contributed by atoms with Crippen LogP contribution in [0.2, 0.25) is 0 Å². The van der Waals surface area contributed by atoms with Crippen molar-refractivity contribution in [3.05, 3.63) is 0 Å². The van der Waals surface area contributed by atoms with Gasteiger partial charge in [0.1, 0.15) is 0 Å². The largest absolute Gasteiger partial charge is 0.0596 e. The molecule has 0 aromatic carbocycles. The van der Waals surface area contributed by atoms with Crippen LogP contribution in [0.15, 0.2) is 0 Å². The van der Waals surface area contributed by atoms with Crippen LogP contribution in [0.1, 0.15) is 84.0 Å². The molecule has 0 nitrogen and oxygen atoms in total. The first-order valence-electron chi connectivity index (χ1n) is 8.21. The smallest absolute Gasteiger partial charge is 0.0199 e. The molecular weight excluding hydrogens is 204 g/mol. The highest BCUT2D eigenvalue weighted by molar-refractivity contribution is 5.25. The molecule has 2 unspecified atom stereocenters. The zero-order chi connectivity index (χ0) is 11.6. The molecule has 0 aliphatic heterocycles. The highest BCUT2D eigenvalue weighted by atomic mass is 14.8. The zero-order valence-corrected chi connectivity index (χ0v) is 11.6. The van der Waals surface area contributed by atoms with Gasteiger partial charge in [0.2, 0.25) is 0 Å². The Labute approximate surface area is 107 Å². The highest BCUT2D eigenvalue weighted by Gasteiger charge is 2.76. The molecule has 17 heavy (non-hydrogen) atoms. The molecule has 4 atom stereocenters. The number of fused-ring (bicyclic) bond motifs is 1. The summed E-state index contributed by atoms with van der Waals surface area (Å²) in [4.78, 5) is 0. The average Bonchev–Trinajstić information content (AvgIpc) is 2.64. The van der Waals surface area contributed by atoms with Crippen LogP contribution in [0.3, 0.4) is 0 Å². The second-order valence-corrected chi connectivity index (χ2v) is 8.16. The summed E-state index contributed by atoms with van der Waals surface area (Å²) >= 11 is 0. The molecule has 96 valence electrons. The highest BCUT2D eigenvalue weighted by Crippen LogP contribution is 2.84. The van der Waals surface area contributed by atoms with Crippen LogP contribution < -0.4 is 0 Å². The van der Waals surface area contributed by atoms with E-state index in [0.29, 0.717) is 0 Å². The van der Waals surface area contributed by atoms with Crippen molar-refractivity contribution >= 4 is 0 Å². The maximum Gasteiger partial charge on any atom is -0.0199 e. The molecule has 0 aromatic rings. The summed E-state index contributed by atoms with van der Waals surface area (Å²) in [6, 6.07) is 0. The summed E-state index contributed by atoms with van der Waals surface area (Å²) in [7, 11) is 0. The second-order valence-electron chi connectivity index (χ2n) is 8.16. The molecule has 4 saturated carbocycles. The summed E-state index contributed by atoms with van der Waals surface area (Å²) in [6.45, 7) is 2.63. The van der Waals surface area contributed by atoms with Gasteiger partial charge in [-0.05, 0) is 67.1 Å². The Balaban J connectivity index is 1.73. The average molecular weight is 232 g/mol. The lowest BCUT2D eigenvalue weighted by molar-refractivity contribution is 0.134. The van der Waals surface area contributed by atoms with E-state index in [0.717, 1.165) is 16.2 Å². The van der Waals surface area contributed by atoms with Crippen molar-refractivity contribution < 1.29 is 0 Å². The SMILES string of the molecule is CC12CCCCC3(C1)[C@@H]1CCC[C@@]13CCCC2.